The van der Waals surface area contributed by atoms with Crippen LogP contribution in [0, 0.1) is 10.1 Å². The summed E-state index contributed by atoms with van der Waals surface area (Å²) in [5, 5.41) is 11.1. The molecule has 28 heavy (non-hydrogen) atoms. The average Bonchev–Trinajstić information content (AvgIpc) is 2.73. The van der Waals surface area contributed by atoms with Crippen LogP contribution in [0.5, 0.6) is 5.75 Å². The van der Waals surface area contributed by atoms with E-state index in [2.05, 4.69) is 0 Å². The summed E-state index contributed by atoms with van der Waals surface area (Å²) in [6, 6.07) is 25.1. The van der Waals surface area contributed by atoms with Crippen LogP contribution in [0.2, 0.25) is 0 Å². The van der Waals surface area contributed by atoms with Gasteiger partial charge < -0.3 is 9.64 Å². The molecule has 1 amide bonds. The van der Waals surface area contributed by atoms with Crippen LogP contribution in [0.3, 0.4) is 0 Å². The summed E-state index contributed by atoms with van der Waals surface area (Å²) in [7, 11) is 1.70. The Balaban J connectivity index is 1.81. The molecule has 6 nitrogen and oxygen atoms in total. The molecule has 0 aromatic heterocycles. The fourth-order valence-corrected chi connectivity index (χ4v) is 3.03. The molecule has 0 aliphatic rings. The largest absolute Gasteiger partial charge is 0.477 e. The number of hydrogen-bond donors (Lipinski definition) is 0. The molecule has 0 N–H and O–H groups in total. The standard InChI is InChI=1S/C22H20N2O4/c1-23(21(25)16-28-20-15-9-8-14-19(20)24(26)27)22(17-10-4-2-5-11-17)18-12-6-3-7-13-18/h2-15,22H,16H2,1H3. The van der Waals surface area contributed by atoms with Gasteiger partial charge in [-0.2, -0.15) is 0 Å². The molecule has 0 heterocycles. The summed E-state index contributed by atoms with van der Waals surface area (Å²) < 4.78 is 5.47. The van der Waals surface area contributed by atoms with E-state index < -0.39 is 4.92 Å². The molecule has 0 radical (unpaired) electrons. The quantitative estimate of drug-likeness (QED) is 0.457. The monoisotopic (exact) mass is 376 g/mol. The predicted molar refractivity (Wildman–Crippen MR) is 106 cm³/mol. The van der Waals surface area contributed by atoms with E-state index in [1.807, 2.05) is 60.7 Å². The van der Waals surface area contributed by atoms with Crippen molar-refractivity contribution in [3.05, 3.63) is 106 Å². The van der Waals surface area contributed by atoms with Crippen LogP contribution in [0.4, 0.5) is 5.69 Å². The highest BCUT2D eigenvalue weighted by Crippen LogP contribution is 2.29. The van der Waals surface area contributed by atoms with Gasteiger partial charge in [-0.1, -0.05) is 72.8 Å². The lowest BCUT2D eigenvalue weighted by atomic mass is 9.97. The number of nitrogens with zero attached hydrogens (tertiary/aromatic N) is 2. The molecule has 3 aromatic rings. The van der Waals surface area contributed by atoms with Gasteiger partial charge in [0.15, 0.2) is 12.4 Å². The average molecular weight is 376 g/mol. The molecule has 0 bridgehead atoms. The molecule has 0 atom stereocenters. The third-order valence-electron chi connectivity index (χ3n) is 4.42. The highest BCUT2D eigenvalue weighted by molar-refractivity contribution is 5.78. The first-order valence-corrected chi connectivity index (χ1v) is 8.79. The van der Waals surface area contributed by atoms with Crippen LogP contribution in [-0.4, -0.2) is 29.4 Å². The highest BCUT2D eigenvalue weighted by atomic mass is 16.6. The van der Waals surface area contributed by atoms with Crippen molar-refractivity contribution in [3.8, 4) is 5.75 Å². The summed E-state index contributed by atoms with van der Waals surface area (Å²) >= 11 is 0. The van der Waals surface area contributed by atoms with E-state index in [1.165, 1.54) is 12.1 Å². The second-order valence-electron chi connectivity index (χ2n) is 6.24. The van der Waals surface area contributed by atoms with E-state index in [9.17, 15) is 14.9 Å². The smallest absolute Gasteiger partial charge is 0.310 e. The number of carbonyl (C=O) groups is 1. The molecule has 0 aliphatic heterocycles. The van der Waals surface area contributed by atoms with Gasteiger partial charge in [-0.15, -0.1) is 0 Å². The van der Waals surface area contributed by atoms with Gasteiger partial charge in [-0.3, -0.25) is 14.9 Å². The van der Waals surface area contributed by atoms with Crippen molar-refractivity contribution in [2.24, 2.45) is 0 Å². The zero-order chi connectivity index (χ0) is 19.9. The van der Waals surface area contributed by atoms with E-state index in [0.717, 1.165) is 11.1 Å². The third kappa shape index (κ3) is 4.35. The lowest BCUT2D eigenvalue weighted by molar-refractivity contribution is -0.385. The molecule has 142 valence electrons. The van der Waals surface area contributed by atoms with Crippen molar-refractivity contribution in [2.45, 2.75) is 6.04 Å². The van der Waals surface area contributed by atoms with Crippen molar-refractivity contribution in [2.75, 3.05) is 13.7 Å². The highest BCUT2D eigenvalue weighted by Gasteiger charge is 2.24. The lowest BCUT2D eigenvalue weighted by Crippen LogP contribution is -2.35. The Morgan fingerprint density at radius 2 is 1.43 bits per heavy atom. The number of likely N-dealkylation sites (N-methyl/N-ethyl adjacent to an activating group) is 1. The van der Waals surface area contributed by atoms with E-state index in [4.69, 9.17) is 4.74 Å². The minimum atomic E-state index is -0.528. The maximum Gasteiger partial charge on any atom is 0.310 e. The molecule has 0 aliphatic carbocycles. The summed E-state index contributed by atoms with van der Waals surface area (Å²) in [6.07, 6.45) is 0. The lowest BCUT2D eigenvalue weighted by Gasteiger charge is -2.29. The Kier molecular flexibility index (Phi) is 6.01. The molecule has 3 rings (SSSR count). The van der Waals surface area contributed by atoms with Crippen molar-refractivity contribution in [1.29, 1.82) is 0 Å². The van der Waals surface area contributed by atoms with Crippen LogP contribution >= 0.6 is 0 Å². The second kappa shape index (κ2) is 8.81. The number of rotatable bonds is 7. The number of nitro groups is 1. The second-order valence-corrected chi connectivity index (χ2v) is 6.24. The van der Waals surface area contributed by atoms with Gasteiger partial charge in [0.25, 0.3) is 5.91 Å². The molecule has 0 saturated heterocycles. The summed E-state index contributed by atoms with van der Waals surface area (Å²) in [6.45, 7) is -0.294. The Morgan fingerprint density at radius 1 is 0.929 bits per heavy atom. The van der Waals surface area contributed by atoms with Gasteiger partial charge in [0.2, 0.25) is 0 Å². The maximum absolute atomic E-state index is 12.8. The van der Waals surface area contributed by atoms with Crippen LogP contribution in [0.15, 0.2) is 84.9 Å². The third-order valence-corrected chi connectivity index (χ3v) is 4.42. The van der Waals surface area contributed by atoms with Crippen LogP contribution in [-0.2, 0) is 4.79 Å². The first-order valence-electron chi connectivity index (χ1n) is 8.79. The van der Waals surface area contributed by atoms with Crippen LogP contribution in [0.1, 0.15) is 17.2 Å². The van der Waals surface area contributed by atoms with Gasteiger partial charge >= 0.3 is 5.69 Å². The molecule has 6 heteroatoms. The number of para-hydroxylation sites is 2. The molecular weight excluding hydrogens is 356 g/mol. The summed E-state index contributed by atoms with van der Waals surface area (Å²) in [5.41, 5.74) is 1.77. The number of benzene rings is 3. The number of nitro benzene ring substituents is 1. The summed E-state index contributed by atoms with van der Waals surface area (Å²) in [5.74, 6) is -0.207. The Hall–Kier alpha value is -3.67. The molecule has 0 fully saturated rings. The molecule has 0 spiro atoms. The van der Waals surface area contributed by atoms with Crippen molar-refractivity contribution in [3.63, 3.8) is 0 Å². The van der Waals surface area contributed by atoms with E-state index in [1.54, 1.807) is 24.1 Å². The first-order chi connectivity index (χ1) is 13.6. The van der Waals surface area contributed by atoms with Gasteiger partial charge in [-0.05, 0) is 17.2 Å². The van der Waals surface area contributed by atoms with E-state index in [-0.39, 0.29) is 30.0 Å². The Bertz CT molecular complexity index is 906. The van der Waals surface area contributed by atoms with Gasteiger partial charge in [-0.25, -0.2) is 0 Å². The zero-order valence-corrected chi connectivity index (χ0v) is 15.4. The molecule has 0 saturated carbocycles. The number of hydrogen-bond acceptors (Lipinski definition) is 4. The topological polar surface area (TPSA) is 72.7 Å². The Morgan fingerprint density at radius 3 is 1.96 bits per heavy atom. The van der Waals surface area contributed by atoms with Crippen molar-refractivity contribution < 1.29 is 14.5 Å². The molecule has 3 aromatic carbocycles. The SMILES string of the molecule is CN(C(=O)COc1ccccc1[N+](=O)[O-])C(c1ccccc1)c1ccccc1. The van der Waals surface area contributed by atoms with Gasteiger partial charge in [0.1, 0.15) is 0 Å². The maximum atomic E-state index is 12.8. The van der Waals surface area contributed by atoms with Gasteiger partial charge in [0, 0.05) is 13.1 Å². The minimum absolute atomic E-state index is 0.0743. The predicted octanol–water partition coefficient (Wildman–Crippen LogP) is 4.22. The normalized spacial score (nSPS) is 10.5. The van der Waals surface area contributed by atoms with Crippen LogP contribution in [0.25, 0.3) is 0 Å². The molecular formula is C22H20N2O4. The minimum Gasteiger partial charge on any atom is -0.477 e. The zero-order valence-electron chi connectivity index (χ0n) is 15.4. The summed E-state index contributed by atoms with van der Waals surface area (Å²) in [4.78, 5) is 25.0. The fraction of sp³-hybridized carbons (Fsp3) is 0.136. The van der Waals surface area contributed by atoms with E-state index in [0.29, 0.717) is 0 Å². The van der Waals surface area contributed by atoms with Crippen molar-refractivity contribution in [1.82, 2.24) is 4.90 Å². The number of ether oxygens (including phenoxy) is 1. The molecule has 0 unspecified atom stereocenters. The van der Waals surface area contributed by atoms with Crippen LogP contribution < -0.4 is 4.74 Å². The fourth-order valence-electron chi connectivity index (χ4n) is 3.03. The first kappa shape index (κ1) is 19.1. The number of amides is 1. The van der Waals surface area contributed by atoms with Gasteiger partial charge in [0.05, 0.1) is 11.0 Å². The van der Waals surface area contributed by atoms with Crippen molar-refractivity contribution >= 4 is 11.6 Å². The van der Waals surface area contributed by atoms with E-state index >= 15 is 0 Å². The Labute approximate surface area is 163 Å². The number of carbonyl (C=O) groups excluding carboxylic acids is 1.